The first kappa shape index (κ1) is 22.9. The third-order valence-electron chi connectivity index (χ3n) is 5.48. The van der Waals surface area contributed by atoms with Crippen LogP contribution in [0.5, 0.6) is 0 Å². The van der Waals surface area contributed by atoms with Crippen molar-refractivity contribution >= 4 is 17.7 Å². The van der Waals surface area contributed by atoms with E-state index in [1.54, 1.807) is 12.5 Å². The van der Waals surface area contributed by atoms with E-state index < -0.39 is 17.9 Å². The van der Waals surface area contributed by atoms with Crippen LogP contribution >= 0.6 is 0 Å². The van der Waals surface area contributed by atoms with Crippen molar-refractivity contribution in [2.24, 2.45) is 11.8 Å². The van der Waals surface area contributed by atoms with E-state index in [9.17, 15) is 14.4 Å². The Bertz CT molecular complexity index is 733. The van der Waals surface area contributed by atoms with Crippen LogP contribution in [0.3, 0.4) is 0 Å². The maximum Gasteiger partial charge on any atom is 0.244 e. The summed E-state index contributed by atoms with van der Waals surface area (Å²) in [6.07, 6.45) is 5.13. The van der Waals surface area contributed by atoms with E-state index in [1.807, 2.05) is 26.0 Å². The molecule has 1 aliphatic carbocycles. The van der Waals surface area contributed by atoms with Crippen LogP contribution in [-0.4, -0.2) is 36.0 Å². The van der Waals surface area contributed by atoms with Crippen LogP contribution in [0, 0.1) is 11.8 Å². The summed E-state index contributed by atoms with van der Waals surface area (Å²) in [6.45, 7) is 3.92. The Morgan fingerprint density at radius 3 is 2.48 bits per heavy atom. The van der Waals surface area contributed by atoms with Gasteiger partial charge in [0, 0.05) is 25.8 Å². The molecular weight excluding hydrogens is 370 g/mol. The van der Waals surface area contributed by atoms with Gasteiger partial charge in [-0.1, -0.05) is 32.0 Å². The van der Waals surface area contributed by atoms with Gasteiger partial charge in [-0.25, -0.2) is 5.48 Å². The van der Waals surface area contributed by atoms with Crippen LogP contribution in [0.1, 0.15) is 56.2 Å². The molecule has 2 rings (SSSR count). The minimum Gasteiger partial charge on any atom is -0.357 e. The lowest BCUT2D eigenvalue weighted by molar-refractivity contribution is -0.136. The molecule has 4 N–H and O–H groups in total. The first-order valence-corrected chi connectivity index (χ1v) is 10.4. The van der Waals surface area contributed by atoms with Crippen LogP contribution in [0.25, 0.3) is 0 Å². The molecular formula is C22H33N3O4. The van der Waals surface area contributed by atoms with Crippen LogP contribution in [0.4, 0.5) is 0 Å². The number of hydrogen-bond acceptors (Lipinski definition) is 4. The van der Waals surface area contributed by atoms with Gasteiger partial charge in [-0.3, -0.25) is 19.6 Å². The fourth-order valence-corrected chi connectivity index (χ4v) is 4.07. The van der Waals surface area contributed by atoms with Gasteiger partial charge in [-0.05, 0) is 54.7 Å². The molecule has 160 valence electrons. The molecule has 1 aromatic carbocycles. The minimum absolute atomic E-state index is 0.123. The first-order chi connectivity index (χ1) is 13.8. The maximum atomic E-state index is 12.9. The van der Waals surface area contributed by atoms with E-state index in [4.69, 9.17) is 5.21 Å². The molecule has 2 atom stereocenters. The van der Waals surface area contributed by atoms with Crippen molar-refractivity contribution in [3.63, 3.8) is 0 Å². The summed E-state index contributed by atoms with van der Waals surface area (Å²) >= 11 is 0. The SMILES string of the molecule is CNC(=O)[C@@H](Cc1cccc2c1CCCC2)NC(=O)[C@H](CC(=O)NO)CC(C)C. The molecule has 0 fully saturated rings. The third kappa shape index (κ3) is 6.56. The van der Waals surface area contributed by atoms with Gasteiger partial charge in [0.1, 0.15) is 6.04 Å². The minimum atomic E-state index is -0.715. The number of rotatable bonds is 9. The van der Waals surface area contributed by atoms with Crippen molar-refractivity contribution in [2.45, 2.75) is 64.8 Å². The van der Waals surface area contributed by atoms with Crippen molar-refractivity contribution in [2.75, 3.05) is 7.05 Å². The molecule has 0 spiro atoms. The van der Waals surface area contributed by atoms with E-state index >= 15 is 0 Å². The summed E-state index contributed by atoms with van der Waals surface area (Å²) < 4.78 is 0. The van der Waals surface area contributed by atoms with Crippen molar-refractivity contribution in [1.29, 1.82) is 0 Å². The molecule has 7 nitrogen and oxygen atoms in total. The van der Waals surface area contributed by atoms with Gasteiger partial charge >= 0.3 is 0 Å². The van der Waals surface area contributed by atoms with E-state index in [1.165, 1.54) is 17.5 Å². The van der Waals surface area contributed by atoms with Gasteiger partial charge in [0.05, 0.1) is 0 Å². The molecule has 0 radical (unpaired) electrons. The highest BCUT2D eigenvalue weighted by atomic mass is 16.5. The topological polar surface area (TPSA) is 108 Å². The quantitative estimate of drug-likeness (QED) is 0.373. The highest BCUT2D eigenvalue weighted by Gasteiger charge is 2.28. The lowest BCUT2D eigenvalue weighted by Gasteiger charge is -2.25. The van der Waals surface area contributed by atoms with Crippen LogP contribution in [0.2, 0.25) is 0 Å². The van der Waals surface area contributed by atoms with E-state index in [-0.39, 0.29) is 24.2 Å². The number of aryl methyl sites for hydroxylation is 1. The Morgan fingerprint density at radius 2 is 1.83 bits per heavy atom. The Balaban J connectivity index is 2.18. The number of amides is 3. The number of hydroxylamine groups is 1. The third-order valence-corrected chi connectivity index (χ3v) is 5.48. The Labute approximate surface area is 172 Å². The monoisotopic (exact) mass is 403 g/mol. The molecule has 29 heavy (non-hydrogen) atoms. The Hall–Kier alpha value is -2.41. The zero-order valence-electron chi connectivity index (χ0n) is 17.6. The zero-order chi connectivity index (χ0) is 21.4. The number of fused-ring (bicyclic) bond motifs is 1. The average molecular weight is 404 g/mol. The number of hydrogen-bond donors (Lipinski definition) is 4. The van der Waals surface area contributed by atoms with Gasteiger partial charge in [0.2, 0.25) is 17.7 Å². The molecule has 0 saturated carbocycles. The van der Waals surface area contributed by atoms with Gasteiger partial charge in [0.25, 0.3) is 0 Å². The maximum absolute atomic E-state index is 12.9. The number of carbonyl (C=O) groups is 3. The van der Waals surface area contributed by atoms with Gasteiger partial charge in [-0.2, -0.15) is 0 Å². The molecule has 1 aliphatic rings. The van der Waals surface area contributed by atoms with Crippen LogP contribution in [-0.2, 0) is 33.6 Å². The van der Waals surface area contributed by atoms with Crippen molar-refractivity contribution in [3.05, 3.63) is 34.9 Å². The average Bonchev–Trinajstić information content (AvgIpc) is 2.71. The van der Waals surface area contributed by atoms with Gasteiger partial charge in [0.15, 0.2) is 0 Å². The first-order valence-electron chi connectivity index (χ1n) is 10.4. The summed E-state index contributed by atoms with van der Waals surface area (Å²) in [5, 5.41) is 14.3. The normalized spacial score (nSPS) is 15.2. The molecule has 0 unspecified atom stereocenters. The lowest BCUT2D eigenvalue weighted by Crippen LogP contribution is -2.49. The molecule has 3 amide bonds. The Kier molecular flexibility index (Phi) is 8.64. The lowest BCUT2D eigenvalue weighted by atomic mass is 9.86. The van der Waals surface area contributed by atoms with Crippen molar-refractivity contribution in [3.8, 4) is 0 Å². The van der Waals surface area contributed by atoms with Gasteiger partial charge in [-0.15, -0.1) is 0 Å². The van der Waals surface area contributed by atoms with Crippen molar-refractivity contribution < 1.29 is 19.6 Å². The van der Waals surface area contributed by atoms with E-state index in [0.717, 1.165) is 24.8 Å². The number of nitrogens with one attached hydrogen (secondary N) is 3. The zero-order valence-corrected chi connectivity index (χ0v) is 17.6. The predicted octanol–water partition coefficient (Wildman–Crippen LogP) is 1.90. The Morgan fingerprint density at radius 1 is 1.10 bits per heavy atom. The summed E-state index contributed by atoms with van der Waals surface area (Å²) in [7, 11) is 1.55. The molecule has 0 aromatic heterocycles. The summed E-state index contributed by atoms with van der Waals surface area (Å²) in [5.41, 5.74) is 5.29. The number of carbonyl (C=O) groups excluding carboxylic acids is 3. The summed E-state index contributed by atoms with van der Waals surface area (Å²) in [4.78, 5) is 37.0. The molecule has 0 bridgehead atoms. The molecule has 0 saturated heterocycles. The standard InChI is InChI=1S/C22H33N3O4/c1-14(2)11-17(13-20(26)25-29)21(27)24-19(22(28)23-3)12-16-9-6-8-15-7-4-5-10-18(15)16/h6,8-9,14,17,19,29H,4-5,7,10-13H2,1-3H3,(H,23,28)(H,24,27)(H,25,26)/t17-,19+/m0/s1. The van der Waals surface area contributed by atoms with E-state index in [0.29, 0.717) is 12.8 Å². The smallest absolute Gasteiger partial charge is 0.244 e. The van der Waals surface area contributed by atoms with Crippen LogP contribution in [0.15, 0.2) is 18.2 Å². The molecule has 1 aromatic rings. The highest BCUT2D eigenvalue weighted by Crippen LogP contribution is 2.25. The van der Waals surface area contributed by atoms with Gasteiger partial charge < -0.3 is 10.6 Å². The number of benzene rings is 1. The largest absolute Gasteiger partial charge is 0.357 e. The second-order valence-electron chi connectivity index (χ2n) is 8.21. The molecule has 0 aliphatic heterocycles. The summed E-state index contributed by atoms with van der Waals surface area (Å²) in [6, 6.07) is 5.46. The molecule has 0 heterocycles. The van der Waals surface area contributed by atoms with Crippen molar-refractivity contribution in [1.82, 2.24) is 16.1 Å². The van der Waals surface area contributed by atoms with Crippen LogP contribution < -0.4 is 16.1 Å². The fraction of sp³-hybridized carbons (Fsp3) is 0.591. The second-order valence-corrected chi connectivity index (χ2v) is 8.21. The highest BCUT2D eigenvalue weighted by molar-refractivity contribution is 5.90. The molecule has 7 heteroatoms. The second kappa shape index (κ2) is 11.0. The summed E-state index contributed by atoms with van der Waals surface area (Å²) in [5.74, 6) is -1.64. The van der Waals surface area contributed by atoms with E-state index in [2.05, 4.69) is 16.7 Å². The predicted molar refractivity (Wildman–Crippen MR) is 110 cm³/mol. The fourth-order valence-electron chi connectivity index (χ4n) is 4.07. The number of likely N-dealkylation sites (N-methyl/N-ethyl adjacent to an activating group) is 1.